The number of anilines is 2. The SMILES string of the molecule is Cc1nn(C)cc1-c1nc(C(=O)Nc2cnn(C)c2[C@@H]2CC[C@@H](N)[C@@H](F)CO2)c(N)s1. The number of nitrogens with two attached hydrogens (primary N) is 2. The second kappa shape index (κ2) is 8.36. The highest BCUT2D eigenvalue weighted by Gasteiger charge is 2.30. The predicted octanol–water partition coefficient (Wildman–Crippen LogP) is 1.94. The highest BCUT2D eigenvalue weighted by Crippen LogP contribution is 2.34. The van der Waals surface area contributed by atoms with Gasteiger partial charge in [0.1, 0.15) is 22.3 Å². The molecule has 1 aliphatic heterocycles. The number of hydrogen-bond donors (Lipinski definition) is 3. The van der Waals surface area contributed by atoms with E-state index < -0.39 is 24.2 Å². The minimum Gasteiger partial charge on any atom is -0.389 e. The lowest BCUT2D eigenvalue weighted by Gasteiger charge is -2.17. The van der Waals surface area contributed by atoms with E-state index in [0.29, 0.717) is 34.2 Å². The molecule has 5 N–H and O–H groups in total. The number of nitrogen functional groups attached to an aromatic ring is 1. The van der Waals surface area contributed by atoms with Crippen LogP contribution >= 0.6 is 11.3 Å². The molecule has 0 aromatic carbocycles. The van der Waals surface area contributed by atoms with Crippen LogP contribution in [0.3, 0.4) is 0 Å². The lowest BCUT2D eigenvalue weighted by atomic mass is 10.0. The molecule has 166 valence electrons. The van der Waals surface area contributed by atoms with E-state index in [1.807, 2.05) is 20.2 Å². The molecule has 3 aromatic heterocycles. The number of alkyl halides is 1. The number of halogens is 1. The number of nitrogens with one attached hydrogen (secondary N) is 1. The van der Waals surface area contributed by atoms with Crippen LogP contribution in [-0.4, -0.2) is 49.3 Å². The molecule has 1 amide bonds. The first-order chi connectivity index (χ1) is 14.7. The van der Waals surface area contributed by atoms with E-state index in [1.54, 1.807) is 16.4 Å². The van der Waals surface area contributed by atoms with E-state index >= 15 is 0 Å². The molecule has 1 saturated heterocycles. The van der Waals surface area contributed by atoms with Crippen LogP contribution in [-0.2, 0) is 18.8 Å². The summed E-state index contributed by atoms with van der Waals surface area (Å²) in [6.07, 6.45) is 2.70. The van der Waals surface area contributed by atoms with Crippen molar-refractivity contribution in [1.29, 1.82) is 0 Å². The zero-order valence-electron chi connectivity index (χ0n) is 17.5. The summed E-state index contributed by atoms with van der Waals surface area (Å²) in [6.45, 7) is 1.77. The normalized spacial score (nSPS) is 21.8. The molecule has 0 aliphatic carbocycles. The topological polar surface area (TPSA) is 139 Å². The Balaban J connectivity index is 1.57. The van der Waals surface area contributed by atoms with Gasteiger partial charge >= 0.3 is 0 Å². The fraction of sp³-hybridized carbons (Fsp3) is 0.474. The maximum absolute atomic E-state index is 13.9. The Morgan fingerprint density at radius 3 is 2.87 bits per heavy atom. The number of nitrogens with zero attached hydrogens (tertiary/aromatic N) is 5. The Labute approximate surface area is 182 Å². The predicted molar refractivity (Wildman–Crippen MR) is 115 cm³/mol. The second-order valence-electron chi connectivity index (χ2n) is 7.63. The van der Waals surface area contributed by atoms with Crippen molar-refractivity contribution in [1.82, 2.24) is 24.5 Å². The summed E-state index contributed by atoms with van der Waals surface area (Å²) in [7, 11) is 3.56. The first kappa shape index (κ1) is 21.4. The van der Waals surface area contributed by atoms with Crippen LogP contribution in [0.4, 0.5) is 15.1 Å². The van der Waals surface area contributed by atoms with Gasteiger partial charge in [-0.1, -0.05) is 11.3 Å². The Bertz CT molecular complexity index is 1090. The highest BCUT2D eigenvalue weighted by atomic mass is 32.1. The summed E-state index contributed by atoms with van der Waals surface area (Å²) in [5.74, 6) is -0.454. The van der Waals surface area contributed by atoms with Crippen molar-refractivity contribution in [2.75, 3.05) is 17.7 Å². The van der Waals surface area contributed by atoms with Gasteiger partial charge in [-0.2, -0.15) is 10.2 Å². The Morgan fingerprint density at radius 1 is 1.39 bits per heavy atom. The fourth-order valence-corrected chi connectivity index (χ4v) is 4.57. The van der Waals surface area contributed by atoms with Crippen molar-refractivity contribution < 1.29 is 13.9 Å². The molecule has 0 radical (unpaired) electrons. The van der Waals surface area contributed by atoms with Crippen LogP contribution in [0.1, 0.15) is 40.8 Å². The van der Waals surface area contributed by atoms with Crippen LogP contribution in [0.25, 0.3) is 10.6 Å². The molecule has 12 heteroatoms. The monoisotopic (exact) mass is 448 g/mol. The van der Waals surface area contributed by atoms with Crippen molar-refractivity contribution >= 4 is 27.9 Å². The molecule has 0 spiro atoms. The second-order valence-corrected chi connectivity index (χ2v) is 8.66. The maximum Gasteiger partial charge on any atom is 0.277 e. The number of thiazole rings is 1. The van der Waals surface area contributed by atoms with Crippen molar-refractivity contribution in [3.05, 3.63) is 29.5 Å². The lowest BCUT2D eigenvalue weighted by molar-refractivity contribution is 0.0247. The van der Waals surface area contributed by atoms with Crippen LogP contribution < -0.4 is 16.8 Å². The third-order valence-corrected chi connectivity index (χ3v) is 6.25. The van der Waals surface area contributed by atoms with Crippen molar-refractivity contribution in [2.45, 2.75) is 38.1 Å². The van der Waals surface area contributed by atoms with E-state index in [2.05, 4.69) is 20.5 Å². The van der Waals surface area contributed by atoms with Crippen molar-refractivity contribution in [3.63, 3.8) is 0 Å². The van der Waals surface area contributed by atoms with E-state index in [0.717, 1.165) is 11.3 Å². The summed E-state index contributed by atoms with van der Waals surface area (Å²) in [5.41, 5.74) is 14.8. The van der Waals surface area contributed by atoms with Gasteiger partial charge in [-0.3, -0.25) is 14.2 Å². The number of ether oxygens (including phenoxy) is 1. The van der Waals surface area contributed by atoms with Gasteiger partial charge in [0.2, 0.25) is 0 Å². The summed E-state index contributed by atoms with van der Waals surface area (Å²) in [5, 5.41) is 12.3. The molecular weight excluding hydrogens is 423 g/mol. The molecule has 0 saturated carbocycles. The van der Waals surface area contributed by atoms with Crippen LogP contribution in [0.15, 0.2) is 12.4 Å². The lowest BCUT2D eigenvalue weighted by Crippen LogP contribution is -2.32. The summed E-state index contributed by atoms with van der Waals surface area (Å²) in [6, 6.07) is -0.569. The van der Waals surface area contributed by atoms with Gasteiger partial charge in [0, 0.05) is 26.3 Å². The van der Waals surface area contributed by atoms with Crippen molar-refractivity contribution in [3.8, 4) is 10.6 Å². The molecule has 0 unspecified atom stereocenters. The number of aromatic nitrogens is 5. The fourth-order valence-electron chi connectivity index (χ4n) is 3.68. The van der Waals surface area contributed by atoms with E-state index in [1.165, 1.54) is 17.5 Å². The third-order valence-electron chi connectivity index (χ3n) is 5.33. The number of aryl methyl sites for hydroxylation is 3. The molecule has 1 fully saturated rings. The largest absolute Gasteiger partial charge is 0.389 e. The number of amides is 1. The number of hydrogen-bond acceptors (Lipinski definition) is 8. The molecule has 0 bridgehead atoms. The summed E-state index contributed by atoms with van der Waals surface area (Å²) >= 11 is 1.23. The van der Waals surface area contributed by atoms with Gasteiger partial charge in [0.25, 0.3) is 5.91 Å². The van der Waals surface area contributed by atoms with E-state index in [4.69, 9.17) is 16.2 Å². The first-order valence-corrected chi connectivity index (χ1v) is 10.7. The average Bonchev–Trinajstić information content (AvgIpc) is 3.35. The minimum absolute atomic E-state index is 0.0999. The molecule has 31 heavy (non-hydrogen) atoms. The summed E-state index contributed by atoms with van der Waals surface area (Å²) in [4.78, 5) is 17.4. The zero-order valence-corrected chi connectivity index (χ0v) is 18.3. The minimum atomic E-state index is -1.22. The van der Waals surface area contributed by atoms with E-state index in [-0.39, 0.29) is 12.3 Å². The quantitative estimate of drug-likeness (QED) is 0.554. The third kappa shape index (κ3) is 4.18. The molecule has 4 heterocycles. The molecule has 4 rings (SSSR count). The van der Waals surface area contributed by atoms with Crippen molar-refractivity contribution in [2.24, 2.45) is 19.8 Å². The molecule has 1 aliphatic rings. The Morgan fingerprint density at radius 2 is 2.16 bits per heavy atom. The van der Waals surface area contributed by atoms with Gasteiger partial charge in [-0.15, -0.1) is 0 Å². The number of carbonyl (C=O) groups is 1. The van der Waals surface area contributed by atoms with Crippen LogP contribution in [0, 0.1) is 6.92 Å². The Kier molecular flexibility index (Phi) is 5.77. The molecular formula is C19H25FN8O2S. The van der Waals surface area contributed by atoms with Gasteiger partial charge in [-0.25, -0.2) is 9.37 Å². The molecule has 3 atom stereocenters. The van der Waals surface area contributed by atoms with E-state index in [9.17, 15) is 9.18 Å². The average molecular weight is 449 g/mol. The maximum atomic E-state index is 13.9. The molecule has 10 nitrogen and oxygen atoms in total. The van der Waals surface area contributed by atoms with Crippen LogP contribution in [0.2, 0.25) is 0 Å². The van der Waals surface area contributed by atoms with Gasteiger partial charge < -0.3 is 21.5 Å². The summed E-state index contributed by atoms with van der Waals surface area (Å²) < 4.78 is 23.0. The first-order valence-electron chi connectivity index (χ1n) is 9.86. The zero-order chi connectivity index (χ0) is 22.3. The van der Waals surface area contributed by atoms with Gasteiger partial charge in [0.15, 0.2) is 5.69 Å². The number of rotatable bonds is 4. The van der Waals surface area contributed by atoms with Crippen LogP contribution in [0.5, 0.6) is 0 Å². The highest BCUT2D eigenvalue weighted by molar-refractivity contribution is 7.19. The standard InChI is InChI=1S/C19H25FN8O2S/c1-9-10(7-27(2)26-9)19-25-15(17(22)31-19)18(29)24-13-6-23-28(3)16(13)14-5-4-12(21)11(20)8-30-14/h6-7,11-12,14H,4-5,8,21-22H2,1-3H3,(H,24,29)/t11-,12+,14-/m0/s1. The molecule has 3 aromatic rings. The smallest absolute Gasteiger partial charge is 0.277 e. The Hall–Kier alpha value is -2.83. The van der Waals surface area contributed by atoms with Gasteiger partial charge in [-0.05, 0) is 19.8 Å². The number of carbonyl (C=O) groups excluding carboxylic acids is 1. The van der Waals surface area contributed by atoms with Gasteiger partial charge in [0.05, 0.1) is 35.4 Å².